The van der Waals surface area contributed by atoms with E-state index in [4.69, 9.17) is 9.72 Å². The molecular formula is C21H25N3O2S. The predicted octanol–water partition coefficient (Wildman–Crippen LogP) is 4.54. The zero-order valence-electron chi connectivity index (χ0n) is 15.9. The monoisotopic (exact) mass is 383 g/mol. The van der Waals surface area contributed by atoms with Crippen molar-refractivity contribution >= 4 is 28.1 Å². The van der Waals surface area contributed by atoms with Gasteiger partial charge >= 0.3 is 5.97 Å². The smallest absolute Gasteiger partial charge is 0.309 e. The van der Waals surface area contributed by atoms with Crippen LogP contribution in [-0.4, -0.2) is 22.0 Å². The number of hydrogen-bond donors (Lipinski definition) is 1. The van der Waals surface area contributed by atoms with Crippen molar-refractivity contribution in [1.82, 2.24) is 9.97 Å². The number of nitrogens with zero attached hydrogens (tertiary/aromatic N) is 2. The number of esters is 1. The zero-order chi connectivity index (χ0) is 18.8. The molecule has 0 bridgehead atoms. The van der Waals surface area contributed by atoms with E-state index in [2.05, 4.69) is 24.1 Å². The van der Waals surface area contributed by atoms with Crippen LogP contribution in [0.1, 0.15) is 50.1 Å². The van der Waals surface area contributed by atoms with E-state index in [0.717, 1.165) is 30.1 Å². The van der Waals surface area contributed by atoms with E-state index < -0.39 is 0 Å². The topological polar surface area (TPSA) is 64.1 Å². The molecular weight excluding hydrogens is 358 g/mol. The highest BCUT2D eigenvalue weighted by molar-refractivity contribution is 7.15. The maximum absolute atomic E-state index is 12.2. The van der Waals surface area contributed by atoms with E-state index in [1.54, 1.807) is 17.5 Å². The molecule has 1 N–H and O–H groups in total. The lowest BCUT2D eigenvalue weighted by Gasteiger charge is -2.51. The molecule has 0 amide bonds. The molecule has 5 nitrogen and oxygen atoms in total. The van der Waals surface area contributed by atoms with Crippen molar-refractivity contribution < 1.29 is 9.53 Å². The number of rotatable bonds is 2. The molecule has 1 saturated carbocycles. The van der Waals surface area contributed by atoms with Crippen LogP contribution < -0.4 is 5.32 Å². The van der Waals surface area contributed by atoms with Crippen LogP contribution in [0.15, 0.2) is 24.5 Å². The molecule has 2 aliphatic carbocycles. The summed E-state index contributed by atoms with van der Waals surface area (Å²) in [6.45, 7) is 6.69. The van der Waals surface area contributed by atoms with Crippen LogP contribution in [0.3, 0.4) is 0 Å². The fourth-order valence-corrected chi connectivity index (χ4v) is 6.98. The second kappa shape index (κ2) is 6.03. The molecule has 6 unspecified atom stereocenters. The average Bonchev–Trinajstić information content (AvgIpc) is 3.16. The summed E-state index contributed by atoms with van der Waals surface area (Å²) in [6.07, 6.45) is 6.91. The fraction of sp³-hybridized carbons (Fsp3) is 0.571. The van der Waals surface area contributed by atoms with E-state index in [1.807, 2.05) is 25.3 Å². The third kappa shape index (κ3) is 2.60. The molecule has 3 heterocycles. The minimum atomic E-state index is -0.00976. The summed E-state index contributed by atoms with van der Waals surface area (Å²) in [5.74, 6) is 1.04. The van der Waals surface area contributed by atoms with Crippen molar-refractivity contribution in [3.8, 4) is 0 Å². The summed E-state index contributed by atoms with van der Waals surface area (Å²) in [6, 6.07) is 3.92. The lowest BCUT2D eigenvalue weighted by atomic mass is 9.54. The first-order valence-electron chi connectivity index (χ1n) is 9.83. The Labute approximate surface area is 163 Å². The van der Waals surface area contributed by atoms with Gasteiger partial charge in [-0.2, -0.15) is 0 Å². The number of thiazole rings is 1. The van der Waals surface area contributed by atoms with Crippen LogP contribution in [0, 0.1) is 23.2 Å². The van der Waals surface area contributed by atoms with Gasteiger partial charge in [0.1, 0.15) is 6.10 Å². The lowest BCUT2D eigenvalue weighted by molar-refractivity contribution is -0.149. The molecule has 6 heteroatoms. The van der Waals surface area contributed by atoms with Gasteiger partial charge in [-0.1, -0.05) is 20.8 Å². The summed E-state index contributed by atoms with van der Waals surface area (Å²) in [7, 11) is 0. The first-order valence-corrected chi connectivity index (χ1v) is 10.6. The quantitative estimate of drug-likeness (QED) is 0.772. The predicted molar refractivity (Wildman–Crippen MR) is 105 cm³/mol. The molecule has 3 aliphatic rings. The molecule has 1 aliphatic heterocycles. The zero-order valence-corrected chi connectivity index (χ0v) is 16.8. The Morgan fingerprint density at radius 3 is 2.96 bits per heavy atom. The Balaban J connectivity index is 1.48. The van der Waals surface area contributed by atoms with Gasteiger partial charge in [-0.15, -0.1) is 11.3 Å². The summed E-state index contributed by atoms with van der Waals surface area (Å²) in [4.78, 5) is 22.7. The number of ether oxygens (including phenoxy) is 1. The molecule has 2 fully saturated rings. The molecule has 142 valence electrons. The number of aromatic nitrogens is 2. The first kappa shape index (κ1) is 17.2. The van der Waals surface area contributed by atoms with Crippen molar-refractivity contribution in [3.63, 3.8) is 0 Å². The normalized spacial score (nSPS) is 37.1. The van der Waals surface area contributed by atoms with Gasteiger partial charge in [0, 0.05) is 28.8 Å². The highest BCUT2D eigenvalue weighted by Gasteiger charge is 2.58. The maximum Gasteiger partial charge on any atom is 0.309 e. The van der Waals surface area contributed by atoms with Crippen molar-refractivity contribution in [2.45, 2.75) is 52.1 Å². The molecule has 2 aromatic heterocycles. The van der Waals surface area contributed by atoms with Crippen molar-refractivity contribution in [2.75, 3.05) is 5.32 Å². The Morgan fingerprint density at radius 2 is 2.19 bits per heavy atom. The van der Waals surface area contributed by atoms with Crippen LogP contribution in [0.5, 0.6) is 0 Å². The minimum absolute atomic E-state index is 0.00976. The van der Waals surface area contributed by atoms with Crippen molar-refractivity contribution in [2.24, 2.45) is 23.2 Å². The second-order valence-corrected chi connectivity index (χ2v) is 9.82. The molecule has 0 radical (unpaired) electrons. The number of anilines is 2. The second-order valence-electron chi connectivity index (χ2n) is 8.73. The highest BCUT2D eigenvalue weighted by Crippen LogP contribution is 2.59. The average molecular weight is 384 g/mol. The lowest BCUT2D eigenvalue weighted by Crippen LogP contribution is -2.50. The Morgan fingerprint density at radius 1 is 1.33 bits per heavy atom. The molecule has 0 spiro atoms. The summed E-state index contributed by atoms with van der Waals surface area (Å²) < 4.78 is 5.91. The van der Waals surface area contributed by atoms with E-state index in [0.29, 0.717) is 17.8 Å². The maximum atomic E-state index is 12.2. The fourth-order valence-electron chi connectivity index (χ4n) is 5.69. The van der Waals surface area contributed by atoms with Gasteiger partial charge < -0.3 is 10.1 Å². The SMILES string of the molecule is CC1C(=O)OC2C1CCC1(C)Cc3sc(Nc4cccnc4)nc3C(C)C21. The van der Waals surface area contributed by atoms with Crippen LogP contribution in [0.2, 0.25) is 0 Å². The van der Waals surface area contributed by atoms with Crippen LogP contribution in [0.25, 0.3) is 0 Å². The number of carbonyl (C=O) groups is 1. The van der Waals surface area contributed by atoms with Gasteiger partial charge in [0.2, 0.25) is 0 Å². The molecule has 0 aromatic carbocycles. The van der Waals surface area contributed by atoms with Gasteiger partial charge in [0.15, 0.2) is 5.13 Å². The number of nitrogens with one attached hydrogen (secondary N) is 1. The molecule has 5 rings (SSSR count). The number of pyridine rings is 1. The third-order valence-electron chi connectivity index (χ3n) is 7.07. The molecule has 2 aromatic rings. The largest absolute Gasteiger partial charge is 0.461 e. The molecule has 6 atom stereocenters. The Kier molecular flexibility index (Phi) is 3.83. The van der Waals surface area contributed by atoms with E-state index in [9.17, 15) is 4.79 Å². The number of fused-ring (bicyclic) bond motifs is 4. The van der Waals surface area contributed by atoms with Crippen LogP contribution in [0.4, 0.5) is 10.8 Å². The van der Waals surface area contributed by atoms with Crippen molar-refractivity contribution in [3.05, 3.63) is 35.1 Å². The van der Waals surface area contributed by atoms with E-state index in [1.165, 1.54) is 10.6 Å². The van der Waals surface area contributed by atoms with Gasteiger partial charge in [-0.3, -0.25) is 9.78 Å². The van der Waals surface area contributed by atoms with Gasteiger partial charge in [-0.05, 0) is 36.8 Å². The number of carbonyl (C=O) groups excluding carboxylic acids is 1. The highest BCUT2D eigenvalue weighted by atomic mass is 32.1. The first-order chi connectivity index (χ1) is 13.0. The van der Waals surface area contributed by atoms with E-state index in [-0.39, 0.29) is 23.4 Å². The standard InChI is InChI=1S/C21H25N3O2S/c1-11-14-6-7-21(3)9-15-17(12(2)16(21)18(14)26-19(11)25)24-20(27-15)23-13-5-4-8-22-10-13/h4-5,8,10-12,14,16,18H,6-7,9H2,1-3H3,(H,23,24). The van der Waals surface area contributed by atoms with Gasteiger partial charge in [0.05, 0.1) is 23.5 Å². The Hall–Kier alpha value is -1.95. The van der Waals surface area contributed by atoms with E-state index >= 15 is 0 Å². The molecule has 1 saturated heterocycles. The Bertz CT molecular complexity index is 883. The number of hydrogen-bond acceptors (Lipinski definition) is 6. The van der Waals surface area contributed by atoms with Crippen LogP contribution >= 0.6 is 11.3 Å². The van der Waals surface area contributed by atoms with Crippen LogP contribution in [-0.2, 0) is 16.0 Å². The van der Waals surface area contributed by atoms with Crippen molar-refractivity contribution in [1.29, 1.82) is 0 Å². The van der Waals surface area contributed by atoms with Gasteiger partial charge in [-0.25, -0.2) is 4.98 Å². The summed E-state index contributed by atoms with van der Waals surface area (Å²) in [5.41, 5.74) is 2.32. The molecule has 27 heavy (non-hydrogen) atoms. The third-order valence-corrected chi connectivity index (χ3v) is 8.06. The minimum Gasteiger partial charge on any atom is -0.461 e. The van der Waals surface area contributed by atoms with Gasteiger partial charge in [0.25, 0.3) is 0 Å². The summed E-state index contributed by atoms with van der Waals surface area (Å²) >= 11 is 1.76. The summed E-state index contributed by atoms with van der Waals surface area (Å²) in [5, 5.41) is 4.32.